The Hall–Kier alpha value is -1.62. The molecule has 3 N–H and O–H groups in total. The zero-order valence-electron chi connectivity index (χ0n) is 14.6. The minimum atomic E-state index is -0.185. The molecule has 0 amide bonds. The molecule has 2 aliphatic rings. The fourth-order valence-corrected chi connectivity index (χ4v) is 4.00. The van der Waals surface area contributed by atoms with Crippen molar-refractivity contribution >= 4 is 5.96 Å². The largest absolute Gasteiger partial charge is 0.370 e. The minimum absolute atomic E-state index is 0.0445. The van der Waals surface area contributed by atoms with Crippen molar-refractivity contribution in [3.8, 4) is 0 Å². The van der Waals surface area contributed by atoms with Gasteiger partial charge >= 0.3 is 0 Å². The van der Waals surface area contributed by atoms with E-state index in [4.69, 9.17) is 5.73 Å². The lowest BCUT2D eigenvalue weighted by Gasteiger charge is -2.41. The molecule has 1 saturated carbocycles. The Balaban J connectivity index is 1.56. The first-order valence-corrected chi connectivity index (χ1v) is 9.17. The molecule has 2 fully saturated rings. The number of nitrogens with zero attached hydrogens (tertiary/aromatic N) is 2. The van der Waals surface area contributed by atoms with E-state index in [-0.39, 0.29) is 11.2 Å². The van der Waals surface area contributed by atoms with Gasteiger partial charge in [-0.1, -0.05) is 25.5 Å². The van der Waals surface area contributed by atoms with Crippen molar-refractivity contribution in [2.75, 3.05) is 26.2 Å². The predicted octanol–water partition coefficient (Wildman–Crippen LogP) is 2.64. The lowest BCUT2D eigenvalue weighted by molar-refractivity contribution is 0.252. The summed E-state index contributed by atoms with van der Waals surface area (Å²) < 4.78 is 13.2. The van der Waals surface area contributed by atoms with Gasteiger partial charge in [-0.05, 0) is 56.5 Å². The highest BCUT2D eigenvalue weighted by Crippen LogP contribution is 2.43. The Bertz CT molecular complexity index is 565. The van der Waals surface area contributed by atoms with E-state index in [0.717, 1.165) is 25.9 Å². The van der Waals surface area contributed by atoms with E-state index >= 15 is 0 Å². The van der Waals surface area contributed by atoms with Crippen LogP contribution < -0.4 is 11.1 Å². The molecule has 132 valence electrons. The molecule has 1 atom stereocenters. The van der Waals surface area contributed by atoms with Crippen LogP contribution in [0.2, 0.25) is 0 Å². The summed E-state index contributed by atoms with van der Waals surface area (Å²) in [6, 6.07) is 7.44. The average molecular weight is 332 g/mol. The second-order valence-corrected chi connectivity index (χ2v) is 7.15. The molecular formula is C19H29FN4. The minimum Gasteiger partial charge on any atom is -0.370 e. The zero-order valence-corrected chi connectivity index (χ0v) is 14.6. The number of halogens is 1. The Kier molecular flexibility index (Phi) is 5.39. The molecule has 5 heteroatoms. The summed E-state index contributed by atoms with van der Waals surface area (Å²) in [5, 5.41) is 3.30. The van der Waals surface area contributed by atoms with Crippen molar-refractivity contribution in [2.45, 2.75) is 50.5 Å². The number of benzene rings is 1. The van der Waals surface area contributed by atoms with E-state index in [2.05, 4.69) is 22.1 Å². The van der Waals surface area contributed by atoms with Gasteiger partial charge in [0, 0.05) is 18.0 Å². The molecule has 1 unspecified atom stereocenters. The molecule has 3 rings (SSSR count). The third-order valence-electron chi connectivity index (χ3n) is 5.74. The van der Waals surface area contributed by atoms with Crippen LogP contribution in [-0.4, -0.2) is 43.1 Å². The van der Waals surface area contributed by atoms with Crippen molar-refractivity contribution < 1.29 is 4.39 Å². The summed E-state index contributed by atoms with van der Waals surface area (Å²) in [5.74, 6) is 0.348. The summed E-state index contributed by atoms with van der Waals surface area (Å²) >= 11 is 0. The maximum absolute atomic E-state index is 13.2. The Morgan fingerprint density at radius 3 is 2.71 bits per heavy atom. The van der Waals surface area contributed by atoms with Crippen LogP contribution in [0, 0.1) is 5.82 Å². The third kappa shape index (κ3) is 3.72. The van der Waals surface area contributed by atoms with Crippen LogP contribution in [0.5, 0.6) is 0 Å². The van der Waals surface area contributed by atoms with Gasteiger partial charge in [0.15, 0.2) is 5.96 Å². The van der Waals surface area contributed by atoms with E-state index in [1.807, 2.05) is 12.1 Å². The number of aliphatic imine (C=N–C) groups is 1. The van der Waals surface area contributed by atoms with Gasteiger partial charge in [0.2, 0.25) is 0 Å². The van der Waals surface area contributed by atoms with Gasteiger partial charge in [0.1, 0.15) is 5.82 Å². The molecular weight excluding hydrogens is 303 g/mol. The van der Waals surface area contributed by atoms with Crippen molar-refractivity contribution in [3.63, 3.8) is 0 Å². The summed E-state index contributed by atoms with van der Waals surface area (Å²) in [5.41, 5.74) is 7.31. The predicted molar refractivity (Wildman–Crippen MR) is 96.7 cm³/mol. The zero-order chi connectivity index (χ0) is 17.0. The molecule has 1 aromatic carbocycles. The molecule has 0 spiro atoms. The van der Waals surface area contributed by atoms with E-state index < -0.39 is 0 Å². The van der Waals surface area contributed by atoms with Crippen LogP contribution >= 0.6 is 0 Å². The first kappa shape index (κ1) is 17.2. The van der Waals surface area contributed by atoms with E-state index in [0.29, 0.717) is 18.5 Å². The van der Waals surface area contributed by atoms with Crippen molar-refractivity contribution in [1.82, 2.24) is 10.2 Å². The SMILES string of the molecule is CCN1CCCC1CNC(N)=NCC1(c2ccc(F)cc2)CCC1. The molecule has 0 radical (unpaired) electrons. The number of likely N-dealkylation sites (N-methyl/N-ethyl adjacent to an activating group) is 1. The van der Waals surface area contributed by atoms with Crippen LogP contribution in [0.25, 0.3) is 0 Å². The second kappa shape index (κ2) is 7.51. The Morgan fingerprint density at radius 1 is 1.33 bits per heavy atom. The number of guanidine groups is 1. The average Bonchev–Trinajstić information content (AvgIpc) is 3.01. The fourth-order valence-electron chi connectivity index (χ4n) is 4.00. The molecule has 0 aromatic heterocycles. The molecule has 1 aromatic rings. The van der Waals surface area contributed by atoms with Gasteiger partial charge in [-0.15, -0.1) is 0 Å². The van der Waals surface area contributed by atoms with Gasteiger partial charge < -0.3 is 11.1 Å². The second-order valence-electron chi connectivity index (χ2n) is 7.15. The number of likely N-dealkylation sites (tertiary alicyclic amines) is 1. The smallest absolute Gasteiger partial charge is 0.188 e. The molecule has 1 aliphatic heterocycles. The van der Waals surface area contributed by atoms with E-state index in [9.17, 15) is 4.39 Å². The molecule has 0 bridgehead atoms. The van der Waals surface area contributed by atoms with Crippen LogP contribution in [-0.2, 0) is 5.41 Å². The summed E-state index contributed by atoms with van der Waals surface area (Å²) in [6.07, 6.45) is 5.90. The van der Waals surface area contributed by atoms with Crippen molar-refractivity contribution in [2.24, 2.45) is 10.7 Å². The summed E-state index contributed by atoms with van der Waals surface area (Å²) in [4.78, 5) is 7.09. The maximum atomic E-state index is 13.2. The first-order chi connectivity index (χ1) is 11.6. The molecule has 1 aliphatic carbocycles. The quantitative estimate of drug-likeness (QED) is 0.622. The highest BCUT2D eigenvalue weighted by molar-refractivity contribution is 5.77. The van der Waals surface area contributed by atoms with Gasteiger partial charge in [-0.2, -0.15) is 0 Å². The lowest BCUT2D eigenvalue weighted by atomic mass is 9.64. The molecule has 24 heavy (non-hydrogen) atoms. The monoisotopic (exact) mass is 332 g/mol. The molecule has 4 nitrogen and oxygen atoms in total. The third-order valence-corrected chi connectivity index (χ3v) is 5.74. The van der Waals surface area contributed by atoms with Crippen molar-refractivity contribution in [3.05, 3.63) is 35.6 Å². The standard InChI is InChI=1S/C19H29FN4/c1-2-24-12-3-5-17(24)13-22-18(21)23-14-19(10-4-11-19)15-6-8-16(20)9-7-15/h6-9,17H,2-5,10-14H2,1H3,(H3,21,22,23). The van der Waals surface area contributed by atoms with Gasteiger partial charge in [-0.3, -0.25) is 9.89 Å². The summed E-state index contributed by atoms with van der Waals surface area (Å²) in [6.45, 7) is 6.04. The number of hydrogen-bond donors (Lipinski definition) is 2. The van der Waals surface area contributed by atoms with Gasteiger partial charge in [-0.25, -0.2) is 4.39 Å². The van der Waals surface area contributed by atoms with Crippen LogP contribution in [0.15, 0.2) is 29.3 Å². The topological polar surface area (TPSA) is 53.6 Å². The van der Waals surface area contributed by atoms with Crippen molar-refractivity contribution in [1.29, 1.82) is 0 Å². The van der Waals surface area contributed by atoms with Gasteiger partial charge in [0.25, 0.3) is 0 Å². The first-order valence-electron chi connectivity index (χ1n) is 9.17. The highest BCUT2D eigenvalue weighted by Gasteiger charge is 2.38. The number of nitrogens with two attached hydrogens (primary N) is 1. The molecule has 1 saturated heterocycles. The maximum Gasteiger partial charge on any atom is 0.188 e. The van der Waals surface area contributed by atoms with Crippen LogP contribution in [0.4, 0.5) is 4.39 Å². The highest BCUT2D eigenvalue weighted by atomic mass is 19.1. The van der Waals surface area contributed by atoms with E-state index in [1.165, 1.54) is 31.4 Å². The summed E-state index contributed by atoms with van der Waals surface area (Å²) in [7, 11) is 0. The number of rotatable bonds is 6. The van der Waals surface area contributed by atoms with Gasteiger partial charge in [0.05, 0.1) is 6.54 Å². The van der Waals surface area contributed by atoms with Crippen LogP contribution in [0.1, 0.15) is 44.6 Å². The normalized spacial score (nSPS) is 23.9. The number of nitrogens with one attached hydrogen (secondary N) is 1. The fraction of sp³-hybridized carbons (Fsp3) is 0.632. The van der Waals surface area contributed by atoms with E-state index in [1.54, 1.807) is 12.1 Å². The Morgan fingerprint density at radius 2 is 2.08 bits per heavy atom. The Labute approximate surface area is 144 Å². The van der Waals surface area contributed by atoms with Crippen LogP contribution in [0.3, 0.4) is 0 Å². The molecule has 1 heterocycles. The number of hydrogen-bond acceptors (Lipinski definition) is 2. The lowest BCUT2D eigenvalue weighted by Crippen LogP contribution is -2.44.